The largest absolute Gasteiger partial charge is 0.338 e. The van der Waals surface area contributed by atoms with Crippen molar-refractivity contribution in [3.63, 3.8) is 0 Å². The molecule has 0 saturated carbocycles. The number of aromatic nitrogens is 2. The van der Waals surface area contributed by atoms with Crippen LogP contribution in [0.15, 0.2) is 83.8 Å². The Balaban J connectivity index is 1.20. The molecule has 1 aliphatic rings. The summed E-state index contributed by atoms with van der Waals surface area (Å²) in [7, 11) is -3.52. The van der Waals surface area contributed by atoms with Crippen molar-refractivity contribution in [3.05, 3.63) is 78.9 Å². The van der Waals surface area contributed by atoms with Crippen LogP contribution in [0.25, 0.3) is 22.4 Å². The number of nitrogens with zero attached hydrogens (tertiary/aromatic N) is 2. The van der Waals surface area contributed by atoms with Crippen LogP contribution in [0.4, 0.5) is 5.69 Å². The number of nitrogens with one attached hydrogen (secondary N) is 2. The Morgan fingerprint density at radius 3 is 2.27 bits per heavy atom. The van der Waals surface area contributed by atoms with Crippen LogP contribution in [0.3, 0.4) is 0 Å². The number of carbonyl (C=O) groups is 1. The van der Waals surface area contributed by atoms with Crippen molar-refractivity contribution in [2.45, 2.75) is 17.7 Å². The molecule has 1 aliphatic heterocycles. The molecule has 0 atom stereocenters. The number of piperidine rings is 1. The first-order valence-corrected chi connectivity index (χ1v) is 12.4. The fourth-order valence-electron chi connectivity index (χ4n) is 4.15. The lowest BCUT2D eigenvalue weighted by molar-refractivity contribution is -0.120. The quantitative estimate of drug-likeness (QED) is 0.465. The van der Waals surface area contributed by atoms with E-state index in [0.29, 0.717) is 31.6 Å². The molecule has 7 nitrogen and oxygen atoms in total. The van der Waals surface area contributed by atoms with Crippen molar-refractivity contribution in [3.8, 4) is 11.4 Å². The first-order valence-electron chi connectivity index (χ1n) is 10.9. The van der Waals surface area contributed by atoms with Crippen LogP contribution >= 0.6 is 0 Å². The monoisotopic (exact) mass is 460 g/mol. The van der Waals surface area contributed by atoms with Crippen LogP contribution in [0, 0.1) is 5.92 Å². The van der Waals surface area contributed by atoms with Gasteiger partial charge in [0.25, 0.3) is 0 Å². The molecule has 1 amide bonds. The summed E-state index contributed by atoms with van der Waals surface area (Å²) in [4.78, 5) is 21.0. The summed E-state index contributed by atoms with van der Waals surface area (Å²) in [5, 5.41) is 2.96. The number of hydrogen-bond donors (Lipinski definition) is 2. The van der Waals surface area contributed by atoms with Gasteiger partial charge >= 0.3 is 0 Å². The van der Waals surface area contributed by atoms with E-state index in [1.165, 1.54) is 4.31 Å². The Kier molecular flexibility index (Phi) is 5.70. The lowest BCUT2D eigenvalue weighted by Gasteiger charge is -2.30. The number of hydrogen-bond acceptors (Lipinski definition) is 4. The Hall–Kier alpha value is -3.49. The molecule has 0 radical (unpaired) electrons. The van der Waals surface area contributed by atoms with Gasteiger partial charge in [0.15, 0.2) is 0 Å². The fraction of sp³-hybridized carbons (Fsp3) is 0.200. The van der Waals surface area contributed by atoms with E-state index in [-0.39, 0.29) is 16.7 Å². The summed E-state index contributed by atoms with van der Waals surface area (Å²) in [5.74, 6) is 0.478. The molecule has 5 rings (SSSR count). The molecular weight excluding hydrogens is 436 g/mol. The van der Waals surface area contributed by atoms with Gasteiger partial charge in [0.2, 0.25) is 15.9 Å². The highest BCUT2D eigenvalue weighted by molar-refractivity contribution is 7.89. The molecule has 0 aliphatic carbocycles. The van der Waals surface area contributed by atoms with Gasteiger partial charge in [-0.25, -0.2) is 13.4 Å². The topological polar surface area (TPSA) is 95.2 Å². The predicted octanol–water partition coefficient (Wildman–Crippen LogP) is 4.27. The van der Waals surface area contributed by atoms with Gasteiger partial charge in [-0.05, 0) is 61.4 Å². The zero-order valence-electron chi connectivity index (χ0n) is 17.9. The molecule has 3 aromatic carbocycles. The number of carbonyl (C=O) groups excluding carboxylic acids is 1. The number of imidazole rings is 1. The highest BCUT2D eigenvalue weighted by Crippen LogP contribution is 2.26. The molecule has 8 heteroatoms. The number of sulfonamides is 1. The smallest absolute Gasteiger partial charge is 0.243 e. The Bertz CT molecular complexity index is 1340. The van der Waals surface area contributed by atoms with Gasteiger partial charge in [0.05, 0.1) is 15.9 Å². The minimum absolute atomic E-state index is 0.0803. The maximum atomic E-state index is 12.8. The van der Waals surface area contributed by atoms with E-state index in [1.54, 1.807) is 30.3 Å². The van der Waals surface area contributed by atoms with Crippen LogP contribution in [0.2, 0.25) is 0 Å². The molecule has 2 N–H and O–H groups in total. The summed E-state index contributed by atoms with van der Waals surface area (Å²) in [6.07, 6.45) is 0.990. The first kappa shape index (κ1) is 21.4. The molecular formula is C25H24N4O3S. The van der Waals surface area contributed by atoms with Crippen molar-refractivity contribution in [1.29, 1.82) is 0 Å². The van der Waals surface area contributed by atoms with Crippen LogP contribution in [-0.4, -0.2) is 41.7 Å². The molecule has 1 aromatic heterocycles. The number of amides is 1. The maximum Gasteiger partial charge on any atom is 0.243 e. The zero-order chi connectivity index (χ0) is 22.8. The van der Waals surface area contributed by atoms with Gasteiger partial charge in [0, 0.05) is 30.3 Å². The lowest BCUT2D eigenvalue weighted by atomic mass is 9.97. The maximum absolute atomic E-state index is 12.8. The molecule has 1 fully saturated rings. The second kappa shape index (κ2) is 8.80. The third kappa shape index (κ3) is 4.40. The van der Waals surface area contributed by atoms with E-state index in [1.807, 2.05) is 48.5 Å². The van der Waals surface area contributed by atoms with Gasteiger partial charge in [-0.3, -0.25) is 4.79 Å². The zero-order valence-corrected chi connectivity index (χ0v) is 18.8. The number of para-hydroxylation sites is 2. The van der Waals surface area contributed by atoms with Crippen molar-refractivity contribution in [2.24, 2.45) is 5.92 Å². The lowest BCUT2D eigenvalue weighted by Crippen LogP contribution is -2.41. The van der Waals surface area contributed by atoms with Crippen LogP contribution < -0.4 is 5.32 Å². The van der Waals surface area contributed by atoms with Gasteiger partial charge < -0.3 is 10.3 Å². The van der Waals surface area contributed by atoms with Crippen molar-refractivity contribution < 1.29 is 13.2 Å². The summed E-state index contributed by atoms with van der Waals surface area (Å²) in [5.41, 5.74) is 3.53. The molecule has 2 heterocycles. The molecule has 0 unspecified atom stereocenters. The highest BCUT2D eigenvalue weighted by Gasteiger charge is 2.32. The third-order valence-corrected chi connectivity index (χ3v) is 7.93. The van der Waals surface area contributed by atoms with Crippen molar-refractivity contribution in [1.82, 2.24) is 14.3 Å². The molecule has 33 heavy (non-hydrogen) atoms. The van der Waals surface area contributed by atoms with Crippen LogP contribution in [0.1, 0.15) is 12.8 Å². The number of aromatic amines is 1. The molecule has 0 bridgehead atoms. The summed E-state index contributed by atoms with van der Waals surface area (Å²) in [6.45, 7) is 0.667. The number of fused-ring (bicyclic) bond motifs is 1. The molecule has 4 aromatic rings. The Morgan fingerprint density at radius 2 is 1.58 bits per heavy atom. The predicted molar refractivity (Wildman–Crippen MR) is 128 cm³/mol. The van der Waals surface area contributed by atoms with E-state index in [4.69, 9.17) is 0 Å². The average Bonchev–Trinajstić information content (AvgIpc) is 3.29. The van der Waals surface area contributed by atoms with E-state index in [9.17, 15) is 13.2 Å². The summed E-state index contributed by atoms with van der Waals surface area (Å²) < 4.78 is 27.0. The van der Waals surface area contributed by atoms with Gasteiger partial charge in [0.1, 0.15) is 5.82 Å². The van der Waals surface area contributed by atoms with Crippen LogP contribution in [-0.2, 0) is 14.8 Å². The van der Waals surface area contributed by atoms with Crippen molar-refractivity contribution >= 4 is 32.7 Å². The summed E-state index contributed by atoms with van der Waals surface area (Å²) in [6, 6.07) is 23.8. The second-order valence-electron chi connectivity index (χ2n) is 8.16. The second-order valence-corrected chi connectivity index (χ2v) is 10.1. The average molecular weight is 461 g/mol. The van der Waals surface area contributed by atoms with Gasteiger partial charge in [-0.1, -0.05) is 30.3 Å². The molecule has 168 valence electrons. The van der Waals surface area contributed by atoms with E-state index < -0.39 is 10.0 Å². The standard InChI is InChI=1S/C25H24N4O3S/c30-25(19-14-16-29(17-15-19)33(31,32)21-6-2-1-3-7-21)26-20-12-10-18(11-13-20)24-27-22-8-4-5-9-23(22)28-24/h1-13,19H,14-17H2,(H,26,30)(H,27,28). The normalized spacial score (nSPS) is 15.5. The van der Waals surface area contributed by atoms with E-state index in [2.05, 4.69) is 15.3 Å². The Labute approximate surface area is 192 Å². The SMILES string of the molecule is O=C(Nc1ccc(-c2nc3ccccc3[nH]2)cc1)C1CCN(S(=O)(=O)c2ccccc2)CC1. The van der Waals surface area contributed by atoms with Crippen LogP contribution in [0.5, 0.6) is 0 Å². The van der Waals surface area contributed by atoms with Gasteiger partial charge in [-0.2, -0.15) is 4.31 Å². The van der Waals surface area contributed by atoms with Crippen molar-refractivity contribution in [2.75, 3.05) is 18.4 Å². The fourth-order valence-corrected chi connectivity index (χ4v) is 5.64. The molecule has 1 saturated heterocycles. The van der Waals surface area contributed by atoms with E-state index >= 15 is 0 Å². The molecule has 0 spiro atoms. The van der Waals surface area contributed by atoms with Gasteiger partial charge in [-0.15, -0.1) is 0 Å². The highest BCUT2D eigenvalue weighted by atomic mass is 32.2. The Morgan fingerprint density at radius 1 is 0.909 bits per heavy atom. The number of rotatable bonds is 5. The summed E-state index contributed by atoms with van der Waals surface area (Å²) >= 11 is 0. The van der Waals surface area contributed by atoms with E-state index in [0.717, 1.165) is 22.4 Å². The number of benzene rings is 3. The number of anilines is 1. The first-order chi connectivity index (χ1) is 16.0. The minimum Gasteiger partial charge on any atom is -0.338 e. The minimum atomic E-state index is -3.52. The number of H-pyrrole nitrogens is 1. The third-order valence-electron chi connectivity index (χ3n) is 6.02.